The van der Waals surface area contributed by atoms with E-state index in [4.69, 9.17) is 14.3 Å². The van der Waals surface area contributed by atoms with Crippen LogP contribution in [0.3, 0.4) is 0 Å². The number of nitrogens with zero attached hydrogens (tertiary/aromatic N) is 3. The lowest BCUT2D eigenvalue weighted by atomic mass is 10.1. The molecule has 1 aliphatic rings. The molecule has 0 saturated carbocycles. The summed E-state index contributed by atoms with van der Waals surface area (Å²) in [4.78, 5) is 39.4. The summed E-state index contributed by atoms with van der Waals surface area (Å²) in [5, 5.41) is 8.10. The third-order valence-corrected chi connectivity index (χ3v) is 4.12. The minimum Gasteiger partial charge on any atom is -0.381 e. The molecule has 1 rings (SSSR count). The maximum atomic E-state index is 11.8. The lowest BCUT2D eigenvalue weighted by molar-refractivity contribution is -0.197. The van der Waals surface area contributed by atoms with Crippen molar-refractivity contribution in [1.29, 1.82) is 0 Å². The first-order valence-electron chi connectivity index (χ1n) is 9.29. The molecule has 2 amide bonds. The van der Waals surface area contributed by atoms with Gasteiger partial charge in [-0.25, -0.2) is 4.79 Å². The van der Waals surface area contributed by atoms with Gasteiger partial charge in [0.05, 0.1) is 18.8 Å². The van der Waals surface area contributed by atoms with Gasteiger partial charge in [-0.15, -0.1) is 5.06 Å². The van der Waals surface area contributed by atoms with Crippen LogP contribution in [-0.2, 0) is 28.7 Å². The van der Waals surface area contributed by atoms with Crippen molar-refractivity contribution in [2.45, 2.75) is 58.5 Å². The maximum absolute atomic E-state index is 11.8. The van der Waals surface area contributed by atoms with Crippen LogP contribution in [0, 0.1) is 5.92 Å². The van der Waals surface area contributed by atoms with E-state index in [9.17, 15) is 14.4 Å². The van der Waals surface area contributed by atoms with Gasteiger partial charge in [0.15, 0.2) is 0 Å². The SMILES string of the molecule is C/N=N/CCOC(C)(C)CCOCC(C)CCC(=O)ON1C(=O)CCC1=O. The van der Waals surface area contributed by atoms with Gasteiger partial charge in [0.25, 0.3) is 11.8 Å². The molecule has 0 aromatic rings. The molecule has 1 saturated heterocycles. The first kappa shape index (κ1) is 23.2. The average molecular weight is 385 g/mol. The number of hydrogen-bond donors (Lipinski definition) is 0. The number of imide groups is 1. The normalized spacial score (nSPS) is 16.4. The van der Waals surface area contributed by atoms with Crippen LogP contribution in [-0.4, -0.2) is 61.9 Å². The molecular formula is C18H31N3O6. The first-order valence-corrected chi connectivity index (χ1v) is 9.29. The molecule has 154 valence electrons. The summed E-state index contributed by atoms with van der Waals surface area (Å²) in [6.07, 6.45) is 1.61. The zero-order valence-electron chi connectivity index (χ0n) is 16.7. The van der Waals surface area contributed by atoms with E-state index in [2.05, 4.69) is 10.2 Å². The van der Waals surface area contributed by atoms with E-state index in [1.807, 2.05) is 20.8 Å². The van der Waals surface area contributed by atoms with E-state index in [1.165, 1.54) is 0 Å². The Labute approximate surface area is 160 Å². The Kier molecular flexibility index (Phi) is 10.1. The highest BCUT2D eigenvalue weighted by molar-refractivity contribution is 6.01. The Bertz CT molecular complexity index is 519. The second-order valence-corrected chi connectivity index (χ2v) is 7.19. The fourth-order valence-corrected chi connectivity index (χ4v) is 2.39. The molecule has 1 atom stereocenters. The number of rotatable bonds is 13. The molecule has 9 heteroatoms. The first-order chi connectivity index (χ1) is 12.7. The van der Waals surface area contributed by atoms with Crippen molar-refractivity contribution >= 4 is 17.8 Å². The number of hydroxylamine groups is 2. The van der Waals surface area contributed by atoms with E-state index >= 15 is 0 Å². The van der Waals surface area contributed by atoms with Crippen molar-refractivity contribution in [3.8, 4) is 0 Å². The molecule has 9 nitrogen and oxygen atoms in total. The van der Waals surface area contributed by atoms with E-state index in [-0.39, 0.29) is 30.8 Å². The second-order valence-electron chi connectivity index (χ2n) is 7.19. The number of carbonyl (C=O) groups is 3. The molecule has 1 unspecified atom stereocenters. The van der Waals surface area contributed by atoms with Crippen LogP contribution in [0.2, 0.25) is 0 Å². The quantitative estimate of drug-likeness (QED) is 0.273. The summed E-state index contributed by atoms with van der Waals surface area (Å²) in [6.45, 7) is 8.09. The minimum atomic E-state index is -0.579. The molecule has 1 aliphatic heterocycles. The van der Waals surface area contributed by atoms with Crippen LogP contribution >= 0.6 is 0 Å². The molecule has 0 spiro atoms. The van der Waals surface area contributed by atoms with E-state index in [0.29, 0.717) is 37.8 Å². The van der Waals surface area contributed by atoms with Crippen molar-refractivity contribution in [3.63, 3.8) is 0 Å². The van der Waals surface area contributed by atoms with E-state index in [0.717, 1.165) is 6.42 Å². The molecule has 1 fully saturated rings. The Hall–Kier alpha value is -1.87. The van der Waals surface area contributed by atoms with E-state index < -0.39 is 17.8 Å². The smallest absolute Gasteiger partial charge is 0.333 e. The molecule has 1 heterocycles. The number of azo groups is 1. The minimum absolute atomic E-state index is 0.0964. The molecular weight excluding hydrogens is 354 g/mol. The summed E-state index contributed by atoms with van der Waals surface area (Å²) in [5.74, 6) is -1.36. The van der Waals surface area contributed by atoms with Gasteiger partial charge < -0.3 is 14.3 Å². The van der Waals surface area contributed by atoms with Gasteiger partial charge in [0.2, 0.25) is 0 Å². The monoisotopic (exact) mass is 385 g/mol. The third kappa shape index (κ3) is 9.58. The van der Waals surface area contributed by atoms with Crippen LogP contribution in [0.15, 0.2) is 10.2 Å². The van der Waals surface area contributed by atoms with Gasteiger partial charge in [-0.2, -0.15) is 10.2 Å². The largest absolute Gasteiger partial charge is 0.381 e. The zero-order chi connectivity index (χ0) is 20.3. The zero-order valence-corrected chi connectivity index (χ0v) is 16.7. The Morgan fingerprint density at radius 2 is 1.89 bits per heavy atom. The van der Waals surface area contributed by atoms with Gasteiger partial charge in [-0.05, 0) is 32.6 Å². The summed E-state index contributed by atoms with van der Waals surface area (Å²) in [7, 11) is 1.63. The third-order valence-electron chi connectivity index (χ3n) is 4.12. The molecule has 0 aromatic carbocycles. The summed E-state index contributed by atoms with van der Waals surface area (Å²) in [6, 6.07) is 0. The van der Waals surface area contributed by atoms with E-state index in [1.54, 1.807) is 7.05 Å². The average Bonchev–Trinajstić information content (AvgIpc) is 2.92. The summed E-state index contributed by atoms with van der Waals surface area (Å²) >= 11 is 0. The van der Waals surface area contributed by atoms with Crippen LogP contribution in [0.4, 0.5) is 0 Å². The number of hydrogen-bond acceptors (Lipinski definition) is 8. The highest BCUT2D eigenvalue weighted by Gasteiger charge is 2.32. The van der Waals surface area contributed by atoms with Crippen molar-refractivity contribution in [3.05, 3.63) is 0 Å². The molecule has 0 N–H and O–H groups in total. The molecule has 0 aliphatic carbocycles. The van der Waals surface area contributed by atoms with Crippen molar-refractivity contribution in [2.24, 2.45) is 16.1 Å². The predicted molar refractivity (Wildman–Crippen MR) is 96.7 cm³/mol. The van der Waals surface area contributed by atoms with Gasteiger partial charge in [-0.3, -0.25) is 9.59 Å². The lowest BCUT2D eigenvalue weighted by Crippen LogP contribution is -2.32. The van der Waals surface area contributed by atoms with Crippen molar-refractivity contribution < 1.29 is 28.7 Å². The Balaban J connectivity index is 2.12. The van der Waals surface area contributed by atoms with Crippen LogP contribution in [0.5, 0.6) is 0 Å². The maximum Gasteiger partial charge on any atom is 0.333 e. The van der Waals surface area contributed by atoms with Gasteiger partial charge >= 0.3 is 5.97 Å². The van der Waals surface area contributed by atoms with Gasteiger partial charge in [-0.1, -0.05) is 6.92 Å². The fraction of sp³-hybridized carbons (Fsp3) is 0.833. The highest BCUT2D eigenvalue weighted by Crippen LogP contribution is 2.16. The van der Waals surface area contributed by atoms with Crippen molar-refractivity contribution in [1.82, 2.24) is 5.06 Å². The molecule has 0 bridgehead atoms. The fourth-order valence-electron chi connectivity index (χ4n) is 2.39. The van der Waals surface area contributed by atoms with Crippen molar-refractivity contribution in [2.75, 3.05) is 33.4 Å². The number of ether oxygens (including phenoxy) is 2. The summed E-state index contributed by atoms with van der Waals surface area (Å²) in [5.41, 5.74) is -0.300. The second kappa shape index (κ2) is 11.8. The molecule has 0 aromatic heterocycles. The molecule has 0 radical (unpaired) electrons. The Morgan fingerprint density at radius 1 is 1.22 bits per heavy atom. The number of carbonyl (C=O) groups excluding carboxylic acids is 3. The van der Waals surface area contributed by atoms with Gasteiger partial charge in [0.1, 0.15) is 0 Å². The van der Waals surface area contributed by atoms with Gasteiger partial charge in [0, 0.05) is 39.5 Å². The predicted octanol–water partition coefficient (Wildman–Crippen LogP) is 2.29. The topological polar surface area (TPSA) is 107 Å². The standard InChI is InChI=1S/C18H31N3O6/c1-14(5-8-17(24)27-21-15(22)6-7-16(21)23)13-25-11-9-18(2,3)26-12-10-20-19-4/h14H,5-13H2,1-4H3/b20-19+. The van der Waals surface area contributed by atoms with Crippen LogP contribution in [0.1, 0.15) is 52.9 Å². The lowest BCUT2D eigenvalue weighted by Gasteiger charge is -2.25. The number of amides is 2. The van der Waals surface area contributed by atoms with Crippen LogP contribution in [0.25, 0.3) is 0 Å². The molecule has 27 heavy (non-hydrogen) atoms. The van der Waals surface area contributed by atoms with Crippen LogP contribution < -0.4 is 0 Å². The highest BCUT2D eigenvalue weighted by atomic mass is 16.7. The Morgan fingerprint density at radius 3 is 2.52 bits per heavy atom. The summed E-state index contributed by atoms with van der Waals surface area (Å²) < 4.78 is 11.4.